The molecule has 1 unspecified atom stereocenters. The molecule has 142 valence electrons. The fourth-order valence-electron chi connectivity index (χ4n) is 3.76. The molecular formula is C23H20FNO3. The van der Waals surface area contributed by atoms with Crippen LogP contribution in [0.15, 0.2) is 48.5 Å². The fraction of sp³-hybridized carbons (Fsp3) is 0.261. The topological polar surface area (TPSA) is 56.3 Å². The van der Waals surface area contributed by atoms with Gasteiger partial charge >= 0.3 is 5.97 Å². The Labute approximate surface area is 162 Å². The van der Waals surface area contributed by atoms with Crippen molar-refractivity contribution < 1.29 is 18.7 Å². The zero-order valence-corrected chi connectivity index (χ0v) is 15.6. The number of carbonyl (C=O) groups is 2. The Morgan fingerprint density at radius 2 is 1.89 bits per heavy atom. The number of pyridine rings is 1. The van der Waals surface area contributed by atoms with Crippen LogP contribution in [0.25, 0.3) is 10.9 Å². The van der Waals surface area contributed by atoms with Gasteiger partial charge in [-0.15, -0.1) is 0 Å². The third kappa shape index (κ3) is 3.40. The molecule has 0 radical (unpaired) electrons. The normalized spacial score (nSPS) is 15.9. The summed E-state index contributed by atoms with van der Waals surface area (Å²) in [5.41, 5.74) is 2.96. The SMILES string of the molecule is CC1CCc2nc3ccccc3c(C(=O)OCC(=O)c3ccccc3F)c2C1. The molecule has 0 amide bonds. The van der Waals surface area contributed by atoms with Crippen LogP contribution in [0.4, 0.5) is 4.39 Å². The molecule has 0 bridgehead atoms. The van der Waals surface area contributed by atoms with Gasteiger partial charge in [-0.05, 0) is 48.9 Å². The highest BCUT2D eigenvalue weighted by atomic mass is 19.1. The molecule has 0 N–H and O–H groups in total. The number of hydrogen-bond donors (Lipinski definition) is 0. The van der Waals surface area contributed by atoms with Gasteiger partial charge in [-0.2, -0.15) is 0 Å². The molecule has 0 spiro atoms. The number of carbonyl (C=O) groups excluding carboxylic acids is 2. The van der Waals surface area contributed by atoms with E-state index in [-0.39, 0.29) is 5.56 Å². The minimum atomic E-state index is -0.621. The second-order valence-corrected chi connectivity index (χ2v) is 7.26. The van der Waals surface area contributed by atoms with Gasteiger partial charge in [0.15, 0.2) is 6.61 Å². The van der Waals surface area contributed by atoms with Gasteiger partial charge in [-0.3, -0.25) is 9.78 Å². The van der Waals surface area contributed by atoms with Gasteiger partial charge in [0, 0.05) is 11.1 Å². The van der Waals surface area contributed by atoms with E-state index in [1.54, 1.807) is 6.07 Å². The van der Waals surface area contributed by atoms with Crippen LogP contribution in [0, 0.1) is 11.7 Å². The largest absolute Gasteiger partial charge is 0.454 e. The first kappa shape index (κ1) is 18.3. The van der Waals surface area contributed by atoms with Crippen molar-refractivity contribution in [1.29, 1.82) is 0 Å². The van der Waals surface area contributed by atoms with Crippen LogP contribution in [0.1, 0.15) is 45.3 Å². The number of ether oxygens (including phenoxy) is 1. The summed E-state index contributed by atoms with van der Waals surface area (Å²) in [5.74, 6) is -1.30. The summed E-state index contributed by atoms with van der Waals surface area (Å²) in [5, 5.41) is 0.721. The number of Topliss-reactive ketones (excluding diaryl/α,β-unsaturated/α-hetero) is 1. The number of rotatable bonds is 4. The van der Waals surface area contributed by atoms with E-state index in [1.165, 1.54) is 18.2 Å². The first-order valence-electron chi connectivity index (χ1n) is 9.40. The van der Waals surface area contributed by atoms with Crippen LogP contribution in [-0.4, -0.2) is 23.3 Å². The van der Waals surface area contributed by atoms with Gasteiger partial charge in [-0.25, -0.2) is 9.18 Å². The third-order valence-corrected chi connectivity index (χ3v) is 5.22. The molecule has 1 aliphatic carbocycles. The van der Waals surface area contributed by atoms with Crippen molar-refractivity contribution in [2.45, 2.75) is 26.2 Å². The molecule has 4 rings (SSSR count). The van der Waals surface area contributed by atoms with E-state index in [0.717, 1.165) is 41.4 Å². The molecule has 0 aliphatic heterocycles. The van der Waals surface area contributed by atoms with Crippen molar-refractivity contribution in [1.82, 2.24) is 4.98 Å². The van der Waals surface area contributed by atoms with Crippen LogP contribution in [0.2, 0.25) is 0 Å². The monoisotopic (exact) mass is 377 g/mol. The Balaban J connectivity index is 1.66. The number of nitrogens with zero attached hydrogens (tertiary/aromatic N) is 1. The van der Waals surface area contributed by atoms with Crippen molar-refractivity contribution >= 4 is 22.7 Å². The number of aromatic nitrogens is 1. The van der Waals surface area contributed by atoms with Crippen molar-refractivity contribution in [3.63, 3.8) is 0 Å². The summed E-state index contributed by atoms with van der Waals surface area (Å²) >= 11 is 0. The molecule has 0 saturated heterocycles. The number of halogens is 1. The fourth-order valence-corrected chi connectivity index (χ4v) is 3.76. The second kappa shape index (κ2) is 7.50. The molecule has 28 heavy (non-hydrogen) atoms. The highest BCUT2D eigenvalue weighted by Gasteiger charge is 2.26. The Morgan fingerprint density at radius 3 is 2.71 bits per heavy atom. The molecule has 0 saturated carbocycles. The Kier molecular flexibility index (Phi) is 4.90. The number of ketones is 1. The summed E-state index contributed by atoms with van der Waals surface area (Å²) in [6.45, 7) is 1.65. The van der Waals surface area contributed by atoms with Gasteiger partial charge in [0.05, 0.1) is 16.6 Å². The van der Waals surface area contributed by atoms with E-state index in [9.17, 15) is 14.0 Å². The Bertz CT molecular complexity index is 1080. The lowest BCUT2D eigenvalue weighted by Crippen LogP contribution is -2.21. The van der Waals surface area contributed by atoms with Gasteiger partial charge in [0.1, 0.15) is 5.82 Å². The van der Waals surface area contributed by atoms with Gasteiger partial charge < -0.3 is 4.74 Å². The van der Waals surface area contributed by atoms with E-state index >= 15 is 0 Å². The maximum absolute atomic E-state index is 13.8. The predicted molar refractivity (Wildman–Crippen MR) is 104 cm³/mol. The van der Waals surface area contributed by atoms with Gasteiger partial charge in [0.25, 0.3) is 0 Å². The summed E-state index contributed by atoms with van der Waals surface area (Å²) in [4.78, 5) is 30.0. The highest BCUT2D eigenvalue weighted by molar-refractivity contribution is 6.06. The van der Waals surface area contributed by atoms with E-state index < -0.39 is 24.2 Å². The number of aryl methyl sites for hydroxylation is 1. The minimum absolute atomic E-state index is 0.0782. The van der Waals surface area contributed by atoms with Crippen molar-refractivity contribution in [3.05, 3.63) is 76.7 Å². The molecule has 2 aromatic carbocycles. The quantitative estimate of drug-likeness (QED) is 0.495. The molecule has 0 fully saturated rings. The lowest BCUT2D eigenvalue weighted by molar-refractivity contribution is 0.0474. The third-order valence-electron chi connectivity index (χ3n) is 5.22. The zero-order chi connectivity index (χ0) is 19.7. The van der Waals surface area contributed by atoms with Crippen LogP contribution in [0.5, 0.6) is 0 Å². The molecule has 1 aliphatic rings. The first-order chi connectivity index (χ1) is 13.5. The summed E-state index contributed by atoms with van der Waals surface area (Å²) < 4.78 is 19.1. The molecular weight excluding hydrogens is 357 g/mol. The van der Waals surface area contributed by atoms with Gasteiger partial charge in [0.2, 0.25) is 5.78 Å². The van der Waals surface area contributed by atoms with E-state index in [2.05, 4.69) is 6.92 Å². The average Bonchev–Trinajstić information content (AvgIpc) is 2.70. The van der Waals surface area contributed by atoms with Crippen LogP contribution < -0.4 is 0 Å². The van der Waals surface area contributed by atoms with E-state index in [0.29, 0.717) is 11.5 Å². The molecule has 1 aromatic heterocycles. The summed E-state index contributed by atoms with van der Waals surface area (Å²) in [6, 6.07) is 13.1. The van der Waals surface area contributed by atoms with Crippen LogP contribution >= 0.6 is 0 Å². The number of hydrogen-bond acceptors (Lipinski definition) is 4. The summed E-state index contributed by atoms with van der Waals surface area (Å²) in [7, 11) is 0. The molecule has 1 heterocycles. The standard InChI is InChI=1S/C23H20FNO3/c1-14-10-11-20-17(12-14)22(16-7-3-5-9-19(16)25-20)23(27)28-13-21(26)15-6-2-4-8-18(15)24/h2-9,14H,10-13H2,1H3. The van der Waals surface area contributed by atoms with Crippen molar-refractivity contribution in [2.75, 3.05) is 6.61 Å². The smallest absolute Gasteiger partial charge is 0.339 e. The predicted octanol–water partition coefficient (Wildman–Crippen LogP) is 4.54. The van der Waals surface area contributed by atoms with Gasteiger partial charge in [-0.1, -0.05) is 37.3 Å². The minimum Gasteiger partial charge on any atom is -0.454 e. The number of fused-ring (bicyclic) bond motifs is 2. The molecule has 5 heteroatoms. The van der Waals surface area contributed by atoms with Crippen molar-refractivity contribution in [3.8, 4) is 0 Å². The Morgan fingerprint density at radius 1 is 1.14 bits per heavy atom. The Hall–Kier alpha value is -3.08. The second-order valence-electron chi connectivity index (χ2n) is 7.26. The van der Waals surface area contributed by atoms with E-state index in [4.69, 9.17) is 9.72 Å². The summed E-state index contributed by atoms with van der Waals surface area (Å²) in [6.07, 6.45) is 2.59. The number of para-hydroxylation sites is 1. The maximum atomic E-state index is 13.8. The highest BCUT2D eigenvalue weighted by Crippen LogP contribution is 2.32. The zero-order valence-electron chi connectivity index (χ0n) is 15.6. The van der Waals surface area contributed by atoms with Crippen molar-refractivity contribution in [2.24, 2.45) is 5.92 Å². The molecule has 4 nitrogen and oxygen atoms in total. The lowest BCUT2D eigenvalue weighted by atomic mass is 9.84. The van der Waals surface area contributed by atoms with Crippen LogP contribution in [0.3, 0.4) is 0 Å². The number of benzene rings is 2. The van der Waals surface area contributed by atoms with E-state index in [1.807, 2.05) is 24.3 Å². The van der Waals surface area contributed by atoms with Crippen LogP contribution in [-0.2, 0) is 17.6 Å². The molecule has 3 aromatic rings. The maximum Gasteiger partial charge on any atom is 0.339 e. The lowest BCUT2D eigenvalue weighted by Gasteiger charge is -2.24. The first-order valence-corrected chi connectivity index (χ1v) is 9.40. The number of esters is 1. The average molecular weight is 377 g/mol. The molecule has 1 atom stereocenters.